The Labute approximate surface area is 118 Å². The molecule has 1 aliphatic rings. The van der Waals surface area contributed by atoms with Crippen molar-refractivity contribution in [2.75, 3.05) is 24.2 Å². The summed E-state index contributed by atoms with van der Waals surface area (Å²) < 4.78 is 26.8. The number of sulfonamides is 1. The lowest BCUT2D eigenvalue weighted by atomic mass is 10.2. The van der Waals surface area contributed by atoms with Crippen molar-refractivity contribution in [3.8, 4) is 0 Å². The molecule has 2 heterocycles. The highest BCUT2D eigenvalue weighted by molar-refractivity contribution is 8.00. The van der Waals surface area contributed by atoms with Gasteiger partial charge in [-0.2, -0.15) is 11.8 Å². The fraction of sp³-hybridized carbons (Fsp3) is 0.583. The Kier molecular flexibility index (Phi) is 5.06. The molecular weight excluding hydrogens is 282 g/mol. The Hall–Kier alpha value is -0.790. The van der Waals surface area contributed by atoms with E-state index >= 15 is 0 Å². The highest BCUT2D eigenvalue weighted by Gasteiger charge is 2.20. The topological polar surface area (TPSA) is 71.1 Å². The molecule has 1 fully saturated rings. The summed E-state index contributed by atoms with van der Waals surface area (Å²) in [5.41, 5.74) is 0. The van der Waals surface area contributed by atoms with E-state index in [1.807, 2.05) is 18.7 Å². The van der Waals surface area contributed by atoms with Gasteiger partial charge in [-0.15, -0.1) is 0 Å². The highest BCUT2D eigenvalue weighted by atomic mass is 32.2. The van der Waals surface area contributed by atoms with Crippen LogP contribution < -0.4 is 10.0 Å². The molecule has 19 heavy (non-hydrogen) atoms. The van der Waals surface area contributed by atoms with Crippen molar-refractivity contribution in [1.82, 2.24) is 9.71 Å². The second-order valence-electron chi connectivity index (χ2n) is 4.40. The summed E-state index contributed by atoms with van der Waals surface area (Å²) in [7, 11) is -3.43. The smallest absolute Gasteiger partial charge is 0.242 e. The predicted octanol–water partition coefficient (Wildman–Crippen LogP) is 1.69. The van der Waals surface area contributed by atoms with Crippen LogP contribution in [0.2, 0.25) is 0 Å². The first-order valence-electron chi connectivity index (χ1n) is 6.43. The van der Waals surface area contributed by atoms with Gasteiger partial charge < -0.3 is 5.32 Å². The van der Waals surface area contributed by atoms with Gasteiger partial charge in [-0.3, -0.25) is 0 Å². The summed E-state index contributed by atoms with van der Waals surface area (Å²) in [5, 5.41) is 3.44. The van der Waals surface area contributed by atoms with Crippen molar-refractivity contribution in [2.45, 2.75) is 29.9 Å². The zero-order valence-electron chi connectivity index (χ0n) is 10.9. The summed E-state index contributed by atoms with van der Waals surface area (Å²) in [6.07, 6.45) is 3.66. The third-order valence-electron chi connectivity index (χ3n) is 2.93. The number of nitrogens with one attached hydrogen (secondary N) is 2. The van der Waals surface area contributed by atoms with Crippen LogP contribution in [-0.2, 0) is 10.0 Å². The average Bonchev–Trinajstić information content (AvgIpc) is 2.91. The zero-order valence-corrected chi connectivity index (χ0v) is 12.6. The quantitative estimate of drug-likeness (QED) is 0.836. The molecule has 1 atom stereocenters. The molecule has 1 aromatic heterocycles. The minimum atomic E-state index is -3.43. The number of anilines is 1. The maximum Gasteiger partial charge on any atom is 0.242 e. The van der Waals surface area contributed by atoms with Crippen LogP contribution in [0.25, 0.3) is 0 Å². The Morgan fingerprint density at radius 2 is 2.32 bits per heavy atom. The van der Waals surface area contributed by atoms with Crippen molar-refractivity contribution < 1.29 is 8.42 Å². The van der Waals surface area contributed by atoms with Crippen molar-refractivity contribution in [3.63, 3.8) is 0 Å². The first kappa shape index (κ1) is 14.6. The molecule has 1 aliphatic heterocycles. The van der Waals surface area contributed by atoms with Crippen molar-refractivity contribution in [2.24, 2.45) is 0 Å². The standard InChI is InChI=1S/C12H19N3O2S2/c1-2-13-12-6-5-11(9-14-12)19(16,17)15-8-10-4-3-7-18-10/h5-6,9-10,15H,2-4,7-8H2,1H3,(H,13,14). The van der Waals surface area contributed by atoms with Crippen LogP contribution in [-0.4, -0.2) is 37.5 Å². The SMILES string of the molecule is CCNc1ccc(S(=O)(=O)NCC2CCCS2)cn1. The van der Waals surface area contributed by atoms with E-state index in [-0.39, 0.29) is 4.90 Å². The summed E-state index contributed by atoms with van der Waals surface area (Å²) in [5.74, 6) is 1.82. The van der Waals surface area contributed by atoms with Gasteiger partial charge in [-0.05, 0) is 37.7 Å². The monoisotopic (exact) mass is 301 g/mol. The highest BCUT2D eigenvalue weighted by Crippen LogP contribution is 2.25. The van der Waals surface area contributed by atoms with Crippen molar-refractivity contribution in [1.29, 1.82) is 0 Å². The molecule has 0 amide bonds. The van der Waals surface area contributed by atoms with Crippen LogP contribution in [0, 0.1) is 0 Å². The van der Waals surface area contributed by atoms with E-state index < -0.39 is 10.0 Å². The minimum Gasteiger partial charge on any atom is -0.370 e. The molecule has 0 spiro atoms. The molecule has 0 aromatic carbocycles. The van der Waals surface area contributed by atoms with Gasteiger partial charge in [0.05, 0.1) is 0 Å². The van der Waals surface area contributed by atoms with Gasteiger partial charge in [-0.1, -0.05) is 0 Å². The number of thioether (sulfide) groups is 1. The van der Waals surface area contributed by atoms with E-state index in [9.17, 15) is 8.42 Å². The summed E-state index contributed by atoms with van der Waals surface area (Å²) in [6.45, 7) is 3.23. The summed E-state index contributed by atoms with van der Waals surface area (Å²) >= 11 is 1.83. The second-order valence-corrected chi connectivity index (χ2v) is 7.57. The van der Waals surface area contributed by atoms with E-state index in [1.165, 1.54) is 12.6 Å². The fourth-order valence-corrected chi connectivity index (χ4v) is 4.25. The van der Waals surface area contributed by atoms with Crippen LogP contribution in [0.5, 0.6) is 0 Å². The molecule has 2 N–H and O–H groups in total. The van der Waals surface area contributed by atoms with Crippen molar-refractivity contribution >= 4 is 27.6 Å². The molecule has 0 saturated carbocycles. The molecule has 2 rings (SSSR count). The van der Waals surface area contributed by atoms with E-state index in [4.69, 9.17) is 0 Å². The van der Waals surface area contributed by atoms with E-state index in [0.717, 1.165) is 18.7 Å². The number of pyridine rings is 1. The van der Waals surface area contributed by atoms with Gasteiger partial charge in [0, 0.05) is 24.5 Å². The maximum absolute atomic E-state index is 12.1. The third-order valence-corrected chi connectivity index (χ3v) is 5.74. The van der Waals surface area contributed by atoms with E-state index in [0.29, 0.717) is 17.6 Å². The van der Waals surface area contributed by atoms with Gasteiger partial charge in [-0.25, -0.2) is 18.1 Å². The minimum absolute atomic E-state index is 0.220. The second kappa shape index (κ2) is 6.58. The number of hydrogen-bond acceptors (Lipinski definition) is 5. The number of aromatic nitrogens is 1. The Morgan fingerprint density at radius 3 is 2.89 bits per heavy atom. The Balaban J connectivity index is 1.97. The first-order chi connectivity index (χ1) is 9.12. The van der Waals surface area contributed by atoms with Gasteiger partial charge >= 0.3 is 0 Å². The Morgan fingerprint density at radius 1 is 1.47 bits per heavy atom. The molecular formula is C12H19N3O2S2. The lowest BCUT2D eigenvalue weighted by molar-refractivity contribution is 0.578. The molecule has 0 radical (unpaired) electrons. The molecule has 7 heteroatoms. The van der Waals surface area contributed by atoms with Gasteiger partial charge in [0.25, 0.3) is 0 Å². The summed E-state index contributed by atoms with van der Waals surface area (Å²) in [6, 6.07) is 3.26. The number of hydrogen-bond donors (Lipinski definition) is 2. The summed E-state index contributed by atoms with van der Waals surface area (Å²) in [4.78, 5) is 4.30. The lowest BCUT2D eigenvalue weighted by Crippen LogP contribution is -2.29. The third kappa shape index (κ3) is 4.09. The van der Waals surface area contributed by atoms with Crippen LogP contribution in [0.3, 0.4) is 0 Å². The first-order valence-corrected chi connectivity index (χ1v) is 8.96. The van der Waals surface area contributed by atoms with Gasteiger partial charge in [0.2, 0.25) is 10.0 Å². The molecule has 5 nitrogen and oxygen atoms in total. The van der Waals surface area contributed by atoms with Crippen molar-refractivity contribution in [3.05, 3.63) is 18.3 Å². The van der Waals surface area contributed by atoms with Crippen LogP contribution in [0.1, 0.15) is 19.8 Å². The fourth-order valence-electron chi connectivity index (χ4n) is 1.92. The van der Waals surface area contributed by atoms with E-state index in [1.54, 1.807) is 12.1 Å². The van der Waals surface area contributed by atoms with Gasteiger partial charge in [0.1, 0.15) is 10.7 Å². The lowest BCUT2D eigenvalue weighted by Gasteiger charge is -2.11. The number of nitrogens with zero attached hydrogens (tertiary/aromatic N) is 1. The Bertz CT molecular complexity index is 496. The molecule has 0 bridgehead atoms. The predicted molar refractivity (Wildman–Crippen MR) is 79.1 cm³/mol. The molecule has 1 aromatic rings. The van der Waals surface area contributed by atoms with Gasteiger partial charge in [0.15, 0.2) is 0 Å². The molecule has 1 unspecified atom stereocenters. The van der Waals surface area contributed by atoms with Crippen LogP contribution >= 0.6 is 11.8 Å². The molecule has 106 valence electrons. The number of rotatable bonds is 6. The molecule has 0 aliphatic carbocycles. The maximum atomic E-state index is 12.1. The average molecular weight is 301 g/mol. The van der Waals surface area contributed by atoms with Crippen LogP contribution in [0.15, 0.2) is 23.2 Å². The van der Waals surface area contributed by atoms with Crippen LogP contribution in [0.4, 0.5) is 5.82 Å². The van der Waals surface area contributed by atoms with E-state index in [2.05, 4.69) is 15.0 Å². The normalized spacial score (nSPS) is 19.5. The zero-order chi connectivity index (χ0) is 13.7. The molecule has 1 saturated heterocycles. The largest absolute Gasteiger partial charge is 0.370 e.